The Labute approximate surface area is 155 Å². The molecule has 0 unspecified atom stereocenters. The molecule has 0 saturated heterocycles. The molecule has 4 rings (SSSR count). The second-order valence-electron chi connectivity index (χ2n) is 5.77. The van der Waals surface area contributed by atoms with E-state index < -0.39 is 0 Å². The van der Waals surface area contributed by atoms with Crippen LogP contribution in [-0.4, -0.2) is 31.3 Å². The summed E-state index contributed by atoms with van der Waals surface area (Å²) >= 11 is 1.65. The number of methoxy groups -OCH3 is 1. The molecule has 0 aliphatic carbocycles. The smallest absolute Gasteiger partial charge is 0.191 e. The van der Waals surface area contributed by atoms with Gasteiger partial charge in [-0.25, -0.2) is 4.98 Å². The minimum absolute atomic E-state index is 0.752. The van der Waals surface area contributed by atoms with Crippen LogP contribution in [0, 0.1) is 0 Å². The second kappa shape index (κ2) is 7.21. The Morgan fingerprint density at radius 2 is 1.92 bits per heavy atom. The fourth-order valence-corrected chi connectivity index (χ4v) is 3.72. The van der Waals surface area contributed by atoms with Crippen molar-refractivity contribution in [1.29, 1.82) is 0 Å². The van der Waals surface area contributed by atoms with Crippen molar-refractivity contribution in [2.45, 2.75) is 24.4 Å². The highest BCUT2D eigenvalue weighted by Crippen LogP contribution is 2.27. The first-order valence-corrected chi connectivity index (χ1v) is 9.40. The summed E-state index contributed by atoms with van der Waals surface area (Å²) in [6.07, 6.45) is 4.06. The lowest BCUT2D eigenvalue weighted by atomic mass is 10.2. The molecule has 0 radical (unpaired) electrons. The first kappa shape index (κ1) is 16.7. The molecule has 4 aromatic rings. The summed E-state index contributed by atoms with van der Waals surface area (Å²) in [5.74, 6) is 2.45. The number of pyridine rings is 1. The highest BCUT2D eigenvalue weighted by Gasteiger charge is 2.14. The van der Waals surface area contributed by atoms with Crippen LogP contribution < -0.4 is 4.74 Å². The van der Waals surface area contributed by atoms with E-state index in [4.69, 9.17) is 4.74 Å². The van der Waals surface area contributed by atoms with Gasteiger partial charge in [-0.2, -0.15) is 0 Å². The summed E-state index contributed by atoms with van der Waals surface area (Å²) in [5, 5.41) is 9.68. The number of thioether (sulfide) groups is 1. The summed E-state index contributed by atoms with van der Waals surface area (Å²) in [6.45, 7) is 2.91. The van der Waals surface area contributed by atoms with Crippen LogP contribution in [0.25, 0.3) is 17.0 Å². The zero-order valence-corrected chi connectivity index (χ0v) is 15.5. The lowest BCUT2D eigenvalue weighted by molar-refractivity contribution is 0.415. The van der Waals surface area contributed by atoms with Gasteiger partial charge >= 0.3 is 0 Å². The quantitative estimate of drug-likeness (QED) is 0.485. The van der Waals surface area contributed by atoms with Crippen LogP contribution >= 0.6 is 11.8 Å². The van der Waals surface area contributed by atoms with Crippen LogP contribution in [0.3, 0.4) is 0 Å². The van der Waals surface area contributed by atoms with Crippen molar-refractivity contribution in [1.82, 2.24) is 24.1 Å². The Morgan fingerprint density at radius 3 is 2.65 bits per heavy atom. The van der Waals surface area contributed by atoms with Gasteiger partial charge in [-0.1, -0.05) is 17.8 Å². The van der Waals surface area contributed by atoms with Crippen molar-refractivity contribution in [2.75, 3.05) is 7.11 Å². The Hall–Kier alpha value is -2.80. The normalized spacial score (nSPS) is 11.2. The van der Waals surface area contributed by atoms with Gasteiger partial charge in [-0.3, -0.25) is 0 Å². The van der Waals surface area contributed by atoms with Crippen molar-refractivity contribution in [3.63, 3.8) is 0 Å². The molecule has 6 nitrogen and oxygen atoms in total. The molecule has 1 aromatic carbocycles. The highest BCUT2D eigenvalue weighted by molar-refractivity contribution is 7.98. The number of imidazole rings is 1. The molecule has 0 atom stereocenters. The SMILES string of the molecule is CCn1c(SCc2cn3ccccc3n2)nnc1-c1ccc(OC)cc1. The molecule has 0 amide bonds. The zero-order valence-electron chi connectivity index (χ0n) is 14.7. The molecule has 0 saturated carbocycles. The third-order valence-electron chi connectivity index (χ3n) is 4.14. The maximum Gasteiger partial charge on any atom is 0.191 e. The van der Waals surface area contributed by atoms with E-state index in [-0.39, 0.29) is 0 Å². The molecular formula is C19H19N5OS. The first-order chi connectivity index (χ1) is 12.8. The highest BCUT2D eigenvalue weighted by atomic mass is 32.2. The van der Waals surface area contributed by atoms with E-state index in [2.05, 4.69) is 32.9 Å². The summed E-state index contributed by atoms with van der Waals surface area (Å²) in [4.78, 5) is 4.64. The van der Waals surface area contributed by atoms with E-state index >= 15 is 0 Å². The molecular weight excluding hydrogens is 346 g/mol. The summed E-state index contributed by atoms with van der Waals surface area (Å²) < 4.78 is 9.38. The monoisotopic (exact) mass is 365 g/mol. The number of aromatic nitrogens is 5. The van der Waals surface area contributed by atoms with Crippen molar-refractivity contribution >= 4 is 17.4 Å². The largest absolute Gasteiger partial charge is 0.497 e. The van der Waals surface area contributed by atoms with E-state index in [0.29, 0.717) is 0 Å². The second-order valence-corrected chi connectivity index (χ2v) is 6.71. The summed E-state index contributed by atoms with van der Waals surface area (Å²) in [7, 11) is 1.66. The molecule has 7 heteroatoms. The lowest BCUT2D eigenvalue weighted by Crippen LogP contribution is -2.00. The number of benzene rings is 1. The van der Waals surface area contributed by atoms with E-state index in [1.165, 1.54) is 0 Å². The van der Waals surface area contributed by atoms with Gasteiger partial charge in [0.2, 0.25) is 0 Å². The fraction of sp³-hybridized carbons (Fsp3) is 0.211. The van der Waals surface area contributed by atoms with Crippen LogP contribution in [0.15, 0.2) is 60.0 Å². The van der Waals surface area contributed by atoms with Gasteiger partial charge in [-0.05, 0) is 43.3 Å². The van der Waals surface area contributed by atoms with E-state index in [0.717, 1.165) is 45.9 Å². The van der Waals surface area contributed by atoms with E-state index in [1.807, 2.05) is 53.1 Å². The topological polar surface area (TPSA) is 57.2 Å². The average Bonchev–Trinajstić information content (AvgIpc) is 3.29. The Morgan fingerprint density at radius 1 is 1.08 bits per heavy atom. The van der Waals surface area contributed by atoms with E-state index in [9.17, 15) is 0 Å². The van der Waals surface area contributed by atoms with Gasteiger partial charge < -0.3 is 13.7 Å². The average molecular weight is 365 g/mol. The van der Waals surface area contributed by atoms with Crippen LogP contribution in [0.2, 0.25) is 0 Å². The molecule has 0 bridgehead atoms. The molecule has 26 heavy (non-hydrogen) atoms. The van der Waals surface area contributed by atoms with Crippen molar-refractivity contribution in [3.8, 4) is 17.1 Å². The number of fused-ring (bicyclic) bond motifs is 1. The molecule has 3 heterocycles. The standard InChI is InChI=1S/C19H19N5OS/c1-3-24-18(14-7-9-16(25-2)10-8-14)21-22-19(24)26-13-15-12-23-11-5-4-6-17(23)20-15/h4-12H,3,13H2,1-2H3. The molecule has 3 aromatic heterocycles. The summed E-state index contributed by atoms with van der Waals surface area (Å²) in [6, 6.07) is 13.9. The number of ether oxygens (including phenoxy) is 1. The molecule has 0 aliphatic rings. The van der Waals surface area contributed by atoms with Crippen LogP contribution in [0.1, 0.15) is 12.6 Å². The molecule has 0 N–H and O–H groups in total. The van der Waals surface area contributed by atoms with Crippen molar-refractivity contribution in [3.05, 3.63) is 60.6 Å². The number of nitrogens with zero attached hydrogens (tertiary/aromatic N) is 5. The van der Waals surface area contributed by atoms with Gasteiger partial charge in [0.05, 0.1) is 12.8 Å². The molecule has 0 spiro atoms. The molecule has 132 valence electrons. The van der Waals surface area contributed by atoms with Gasteiger partial charge in [0, 0.05) is 30.3 Å². The van der Waals surface area contributed by atoms with Crippen LogP contribution in [0.4, 0.5) is 0 Å². The maximum absolute atomic E-state index is 5.22. The number of hydrogen-bond acceptors (Lipinski definition) is 5. The predicted molar refractivity (Wildman–Crippen MR) is 102 cm³/mol. The minimum Gasteiger partial charge on any atom is -0.497 e. The molecule has 0 aliphatic heterocycles. The number of rotatable bonds is 6. The zero-order chi connectivity index (χ0) is 17.9. The lowest BCUT2D eigenvalue weighted by Gasteiger charge is -2.07. The first-order valence-electron chi connectivity index (χ1n) is 8.41. The van der Waals surface area contributed by atoms with Crippen LogP contribution in [-0.2, 0) is 12.3 Å². The van der Waals surface area contributed by atoms with Gasteiger partial charge in [0.25, 0.3) is 0 Å². The van der Waals surface area contributed by atoms with Gasteiger partial charge in [0.1, 0.15) is 11.4 Å². The Balaban J connectivity index is 1.55. The van der Waals surface area contributed by atoms with Crippen molar-refractivity contribution in [2.24, 2.45) is 0 Å². The van der Waals surface area contributed by atoms with Crippen molar-refractivity contribution < 1.29 is 4.74 Å². The maximum atomic E-state index is 5.22. The van der Waals surface area contributed by atoms with Crippen LogP contribution in [0.5, 0.6) is 5.75 Å². The van der Waals surface area contributed by atoms with Gasteiger partial charge in [-0.15, -0.1) is 10.2 Å². The third-order valence-corrected chi connectivity index (χ3v) is 5.14. The molecule has 0 fully saturated rings. The Kier molecular flexibility index (Phi) is 4.62. The predicted octanol–water partition coefficient (Wildman–Crippen LogP) is 3.91. The van der Waals surface area contributed by atoms with E-state index in [1.54, 1.807) is 18.9 Å². The summed E-state index contributed by atoms with van der Waals surface area (Å²) in [5.41, 5.74) is 3.01. The fourth-order valence-electron chi connectivity index (χ4n) is 2.83. The Bertz CT molecular complexity index is 989. The number of hydrogen-bond donors (Lipinski definition) is 0. The van der Waals surface area contributed by atoms with Gasteiger partial charge in [0.15, 0.2) is 11.0 Å². The minimum atomic E-state index is 0.752. The third kappa shape index (κ3) is 3.17.